The lowest BCUT2D eigenvalue weighted by Crippen LogP contribution is -2.24. The third kappa shape index (κ3) is 5.26. The number of alkyl halides is 2. The molecule has 0 amide bonds. The second-order valence-corrected chi connectivity index (χ2v) is 6.31. The maximum Gasteiger partial charge on any atom is 0.387 e. The molecule has 0 aliphatic carbocycles. The van der Waals surface area contributed by atoms with Gasteiger partial charge in [-0.1, -0.05) is 0 Å². The van der Waals surface area contributed by atoms with Crippen LogP contribution >= 0.6 is 11.8 Å². The Balaban J connectivity index is 2.10. The third-order valence-electron chi connectivity index (χ3n) is 3.63. The molecule has 1 atom stereocenters. The van der Waals surface area contributed by atoms with E-state index in [9.17, 15) is 28.5 Å². The van der Waals surface area contributed by atoms with Crippen LogP contribution in [0.5, 0.6) is 5.75 Å². The number of hydrogen-bond donors (Lipinski definition) is 0. The first-order chi connectivity index (χ1) is 13.2. The van der Waals surface area contributed by atoms with Gasteiger partial charge in [0.2, 0.25) is 5.78 Å². The van der Waals surface area contributed by atoms with E-state index < -0.39 is 29.4 Å². The molecule has 0 spiro atoms. The van der Waals surface area contributed by atoms with E-state index in [1.54, 1.807) is 6.26 Å². The molecule has 10 heteroatoms. The van der Waals surface area contributed by atoms with Crippen LogP contribution in [0, 0.1) is 10.1 Å². The Labute approximate surface area is 162 Å². The van der Waals surface area contributed by atoms with E-state index in [1.165, 1.54) is 43.3 Å². The quantitative estimate of drug-likeness (QED) is 0.210. The number of benzene rings is 2. The normalized spacial score (nSPS) is 11.8. The molecule has 0 aliphatic rings. The SMILES string of the molecule is CSc1ccc(C(=O)O[C@H](C)C(=O)c2ccc(OC(F)F)cc2)cc1[N+](=O)[O-]. The summed E-state index contributed by atoms with van der Waals surface area (Å²) in [6.07, 6.45) is 0.479. The van der Waals surface area contributed by atoms with Gasteiger partial charge in [-0.15, -0.1) is 11.8 Å². The van der Waals surface area contributed by atoms with Crippen LogP contribution in [0.3, 0.4) is 0 Å². The third-order valence-corrected chi connectivity index (χ3v) is 4.41. The van der Waals surface area contributed by atoms with Crippen LogP contribution in [0.25, 0.3) is 0 Å². The lowest BCUT2D eigenvalue weighted by atomic mass is 10.1. The van der Waals surface area contributed by atoms with Crippen molar-refractivity contribution in [2.45, 2.75) is 24.5 Å². The number of ether oxygens (including phenoxy) is 2. The summed E-state index contributed by atoms with van der Waals surface area (Å²) >= 11 is 1.16. The number of esters is 1. The van der Waals surface area contributed by atoms with Crippen molar-refractivity contribution in [3.05, 3.63) is 63.7 Å². The molecule has 0 heterocycles. The van der Waals surface area contributed by atoms with E-state index in [0.29, 0.717) is 4.90 Å². The number of carbonyl (C=O) groups is 2. The molecule has 148 valence electrons. The molecule has 0 fully saturated rings. The van der Waals surface area contributed by atoms with Crippen molar-refractivity contribution in [3.8, 4) is 5.75 Å². The first-order valence-electron chi connectivity index (χ1n) is 7.85. The van der Waals surface area contributed by atoms with Gasteiger partial charge in [0.05, 0.1) is 15.4 Å². The van der Waals surface area contributed by atoms with Crippen molar-refractivity contribution >= 4 is 29.2 Å². The average molecular weight is 411 g/mol. The van der Waals surface area contributed by atoms with Gasteiger partial charge in [0.25, 0.3) is 5.69 Å². The van der Waals surface area contributed by atoms with Gasteiger partial charge in [-0.3, -0.25) is 14.9 Å². The summed E-state index contributed by atoms with van der Waals surface area (Å²) in [4.78, 5) is 35.4. The van der Waals surface area contributed by atoms with E-state index in [4.69, 9.17) is 4.74 Å². The fourth-order valence-electron chi connectivity index (χ4n) is 2.28. The zero-order valence-corrected chi connectivity index (χ0v) is 15.6. The Morgan fingerprint density at radius 2 is 1.71 bits per heavy atom. The molecule has 0 aliphatic heterocycles. The molecule has 2 rings (SSSR count). The van der Waals surface area contributed by atoms with Crippen LogP contribution < -0.4 is 4.74 Å². The number of nitro benzene ring substituents is 1. The molecular weight excluding hydrogens is 396 g/mol. The number of Topliss-reactive ketones (excluding diaryl/α,β-unsaturated/α-hetero) is 1. The second-order valence-electron chi connectivity index (χ2n) is 5.46. The van der Waals surface area contributed by atoms with Gasteiger partial charge in [0.15, 0.2) is 6.10 Å². The predicted octanol–water partition coefficient (Wildman–Crippen LogP) is 4.35. The predicted molar refractivity (Wildman–Crippen MR) is 97.2 cm³/mol. The van der Waals surface area contributed by atoms with Gasteiger partial charge in [-0.05, 0) is 49.6 Å². The molecule has 2 aromatic carbocycles. The first-order valence-corrected chi connectivity index (χ1v) is 9.08. The summed E-state index contributed by atoms with van der Waals surface area (Å²) < 4.78 is 33.6. The fraction of sp³-hybridized carbons (Fsp3) is 0.222. The number of rotatable bonds is 8. The average Bonchev–Trinajstić information content (AvgIpc) is 2.66. The van der Waals surface area contributed by atoms with Gasteiger partial charge in [0, 0.05) is 11.6 Å². The molecule has 0 saturated carbocycles. The minimum atomic E-state index is -2.98. The Hall–Kier alpha value is -3.01. The zero-order chi connectivity index (χ0) is 20.8. The topological polar surface area (TPSA) is 95.7 Å². The summed E-state index contributed by atoms with van der Waals surface area (Å²) in [6.45, 7) is -1.64. The monoisotopic (exact) mass is 411 g/mol. The van der Waals surface area contributed by atoms with Crippen molar-refractivity contribution in [1.29, 1.82) is 0 Å². The number of halogens is 2. The first kappa shape index (κ1) is 21.3. The molecule has 0 aromatic heterocycles. The van der Waals surface area contributed by atoms with Crippen molar-refractivity contribution in [3.63, 3.8) is 0 Å². The lowest BCUT2D eigenvalue weighted by molar-refractivity contribution is -0.387. The van der Waals surface area contributed by atoms with Gasteiger partial charge in [0.1, 0.15) is 5.75 Å². The van der Waals surface area contributed by atoms with Gasteiger partial charge >= 0.3 is 12.6 Å². The fourth-order valence-corrected chi connectivity index (χ4v) is 2.82. The summed E-state index contributed by atoms with van der Waals surface area (Å²) in [6, 6.07) is 8.80. The van der Waals surface area contributed by atoms with Gasteiger partial charge in [-0.25, -0.2) is 4.79 Å². The number of thioether (sulfide) groups is 1. The Kier molecular flexibility index (Phi) is 7.05. The molecule has 0 saturated heterocycles. The molecule has 0 N–H and O–H groups in total. The number of hydrogen-bond acceptors (Lipinski definition) is 7. The summed E-state index contributed by atoms with van der Waals surface area (Å²) in [5.41, 5.74) is -0.175. The Morgan fingerprint density at radius 3 is 2.25 bits per heavy atom. The minimum absolute atomic E-state index is 0.0650. The Morgan fingerprint density at radius 1 is 1.11 bits per heavy atom. The van der Waals surface area contributed by atoms with E-state index in [2.05, 4.69) is 4.74 Å². The summed E-state index contributed by atoms with van der Waals surface area (Å²) in [7, 11) is 0. The summed E-state index contributed by atoms with van der Waals surface area (Å²) in [5.74, 6) is -1.57. The molecule has 0 unspecified atom stereocenters. The second kappa shape index (κ2) is 9.27. The van der Waals surface area contributed by atoms with Crippen LogP contribution in [0.4, 0.5) is 14.5 Å². The number of carbonyl (C=O) groups excluding carboxylic acids is 2. The van der Waals surface area contributed by atoms with Crippen LogP contribution in [0.2, 0.25) is 0 Å². The highest BCUT2D eigenvalue weighted by atomic mass is 32.2. The number of nitro groups is 1. The molecule has 0 radical (unpaired) electrons. The van der Waals surface area contributed by atoms with E-state index in [1.807, 2.05) is 0 Å². The molecule has 0 bridgehead atoms. The van der Waals surface area contributed by atoms with Crippen LogP contribution in [-0.4, -0.2) is 35.6 Å². The lowest BCUT2D eigenvalue weighted by Gasteiger charge is -2.13. The standard InChI is InChI=1S/C18H15F2NO6S/c1-10(16(22)11-3-6-13(7-4-11)27-18(19)20)26-17(23)12-5-8-15(28-2)14(9-12)21(24)25/h3-10,18H,1-2H3/t10-/m1/s1. The largest absolute Gasteiger partial charge is 0.451 e. The van der Waals surface area contributed by atoms with Crippen LogP contribution in [0.1, 0.15) is 27.6 Å². The van der Waals surface area contributed by atoms with Crippen molar-refractivity contribution in [2.24, 2.45) is 0 Å². The van der Waals surface area contributed by atoms with E-state index >= 15 is 0 Å². The highest BCUT2D eigenvalue weighted by molar-refractivity contribution is 7.98. The van der Waals surface area contributed by atoms with E-state index in [-0.39, 0.29) is 22.6 Å². The molecule has 7 nitrogen and oxygen atoms in total. The van der Waals surface area contributed by atoms with Gasteiger partial charge in [-0.2, -0.15) is 8.78 Å². The zero-order valence-electron chi connectivity index (χ0n) is 14.8. The van der Waals surface area contributed by atoms with Crippen molar-refractivity contribution in [1.82, 2.24) is 0 Å². The number of nitrogens with zero attached hydrogens (tertiary/aromatic N) is 1. The highest BCUT2D eigenvalue weighted by Gasteiger charge is 2.23. The summed E-state index contributed by atoms with van der Waals surface area (Å²) in [5, 5.41) is 11.1. The number of ketones is 1. The molecule has 2 aromatic rings. The maximum atomic E-state index is 12.3. The van der Waals surface area contributed by atoms with Crippen LogP contribution in [0.15, 0.2) is 47.4 Å². The highest BCUT2D eigenvalue weighted by Crippen LogP contribution is 2.28. The molecular formula is C18H15F2NO6S. The van der Waals surface area contributed by atoms with Crippen molar-refractivity contribution < 1.29 is 32.8 Å². The Bertz CT molecular complexity index is 888. The van der Waals surface area contributed by atoms with E-state index in [0.717, 1.165) is 17.8 Å². The smallest absolute Gasteiger partial charge is 0.387 e. The van der Waals surface area contributed by atoms with Gasteiger partial charge < -0.3 is 9.47 Å². The minimum Gasteiger partial charge on any atom is -0.451 e. The maximum absolute atomic E-state index is 12.3. The van der Waals surface area contributed by atoms with Crippen LogP contribution in [-0.2, 0) is 4.74 Å². The van der Waals surface area contributed by atoms with Crippen molar-refractivity contribution in [2.75, 3.05) is 6.26 Å². The molecule has 28 heavy (non-hydrogen) atoms.